The first-order valence-electron chi connectivity index (χ1n) is 7.73. The Morgan fingerprint density at radius 3 is 2.52 bits per heavy atom. The van der Waals surface area contributed by atoms with Crippen LogP contribution in [0.2, 0.25) is 0 Å². The Balaban J connectivity index is 2.20. The maximum absolute atomic E-state index is 12.9. The smallest absolute Gasteiger partial charge is 0.243 e. The predicted molar refractivity (Wildman–Crippen MR) is 85.8 cm³/mol. The molecule has 0 aliphatic carbocycles. The first kappa shape index (κ1) is 16.5. The Hall–Kier alpha value is -0.910. The van der Waals surface area contributed by atoms with Crippen molar-refractivity contribution in [1.29, 1.82) is 0 Å². The van der Waals surface area contributed by atoms with Crippen LogP contribution in [0.4, 0.5) is 0 Å². The van der Waals surface area contributed by atoms with E-state index in [0.29, 0.717) is 17.5 Å². The third-order valence-electron chi connectivity index (χ3n) is 3.96. The van der Waals surface area contributed by atoms with Gasteiger partial charge in [-0.15, -0.1) is 0 Å². The standard InChI is InChI=1S/C16H26N2O2S/c1-13(2)17-12-15-6-4-5-11-18(15)21(19,20)16-9-7-14(3)8-10-16/h7-10,13,15,17H,4-6,11-12H2,1-3H3. The number of nitrogens with one attached hydrogen (secondary N) is 1. The van der Waals surface area contributed by atoms with Crippen molar-refractivity contribution in [3.8, 4) is 0 Å². The van der Waals surface area contributed by atoms with E-state index in [2.05, 4.69) is 19.2 Å². The van der Waals surface area contributed by atoms with Crippen LogP contribution in [0.5, 0.6) is 0 Å². The number of benzene rings is 1. The molecule has 1 N–H and O–H groups in total. The second-order valence-corrected chi connectivity index (χ2v) is 8.03. The largest absolute Gasteiger partial charge is 0.313 e. The van der Waals surface area contributed by atoms with Crippen LogP contribution < -0.4 is 5.32 Å². The zero-order chi connectivity index (χ0) is 15.5. The fourth-order valence-electron chi connectivity index (χ4n) is 2.71. The van der Waals surface area contributed by atoms with Crippen LogP contribution in [-0.4, -0.2) is 37.9 Å². The van der Waals surface area contributed by atoms with Gasteiger partial charge in [0.25, 0.3) is 0 Å². The minimum Gasteiger partial charge on any atom is -0.313 e. The lowest BCUT2D eigenvalue weighted by atomic mass is 10.0. The van der Waals surface area contributed by atoms with E-state index < -0.39 is 10.0 Å². The maximum atomic E-state index is 12.9. The summed E-state index contributed by atoms with van der Waals surface area (Å²) in [6.07, 6.45) is 2.98. The van der Waals surface area contributed by atoms with Crippen LogP contribution in [-0.2, 0) is 10.0 Å². The van der Waals surface area contributed by atoms with Crippen molar-refractivity contribution >= 4 is 10.0 Å². The van der Waals surface area contributed by atoms with Crippen molar-refractivity contribution in [3.63, 3.8) is 0 Å². The summed E-state index contributed by atoms with van der Waals surface area (Å²) in [6.45, 7) is 7.49. The van der Waals surface area contributed by atoms with Crippen LogP contribution in [0.1, 0.15) is 38.7 Å². The Morgan fingerprint density at radius 2 is 1.90 bits per heavy atom. The van der Waals surface area contributed by atoms with Crippen molar-refractivity contribution in [2.24, 2.45) is 0 Å². The molecule has 1 unspecified atom stereocenters. The molecule has 1 heterocycles. The van der Waals surface area contributed by atoms with Crippen LogP contribution in [0.25, 0.3) is 0 Å². The summed E-state index contributed by atoms with van der Waals surface area (Å²) in [6, 6.07) is 7.58. The molecule has 0 bridgehead atoms. The summed E-state index contributed by atoms with van der Waals surface area (Å²) < 4.78 is 27.4. The van der Waals surface area contributed by atoms with Gasteiger partial charge in [0.1, 0.15) is 0 Å². The lowest BCUT2D eigenvalue weighted by Crippen LogP contribution is -2.49. The minimum absolute atomic E-state index is 0.0625. The van der Waals surface area contributed by atoms with Gasteiger partial charge in [-0.25, -0.2) is 8.42 Å². The number of hydrogen-bond acceptors (Lipinski definition) is 3. The van der Waals surface area contributed by atoms with Crippen LogP contribution in [0, 0.1) is 6.92 Å². The monoisotopic (exact) mass is 310 g/mol. The summed E-state index contributed by atoms with van der Waals surface area (Å²) in [4.78, 5) is 0.407. The fourth-order valence-corrected chi connectivity index (χ4v) is 4.40. The molecule has 21 heavy (non-hydrogen) atoms. The molecule has 4 nitrogen and oxygen atoms in total. The van der Waals surface area contributed by atoms with Crippen molar-refractivity contribution in [2.75, 3.05) is 13.1 Å². The van der Waals surface area contributed by atoms with Gasteiger partial charge in [0.15, 0.2) is 0 Å². The number of piperidine rings is 1. The van der Waals surface area contributed by atoms with E-state index >= 15 is 0 Å². The Morgan fingerprint density at radius 1 is 1.24 bits per heavy atom. The summed E-state index contributed by atoms with van der Waals surface area (Å²) >= 11 is 0. The predicted octanol–water partition coefficient (Wildman–Crippen LogP) is 2.54. The summed E-state index contributed by atoms with van der Waals surface area (Å²) in [5.41, 5.74) is 1.07. The normalized spacial score (nSPS) is 20.9. The van der Waals surface area contributed by atoms with E-state index in [9.17, 15) is 8.42 Å². The number of hydrogen-bond donors (Lipinski definition) is 1. The molecule has 2 rings (SSSR count). The Bertz CT molecular complexity index is 552. The van der Waals surface area contributed by atoms with Gasteiger partial charge >= 0.3 is 0 Å². The van der Waals surface area contributed by atoms with Gasteiger partial charge in [-0.3, -0.25) is 0 Å². The van der Waals surface area contributed by atoms with Crippen molar-refractivity contribution in [3.05, 3.63) is 29.8 Å². The Labute approximate surface area is 128 Å². The van der Waals surface area contributed by atoms with Gasteiger partial charge in [0.05, 0.1) is 4.90 Å². The quantitative estimate of drug-likeness (QED) is 0.909. The SMILES string of the molecule is Cc1ccc(S(=O)(=O)N2CCCCC2CNC(C)C)cc1. The molecule has 5 heteroatoms. The van der Waals surface area contributed by atoms with Crippen molar-refractivity contribution < 1.29 is 8.42 Å². The van der Waals surface area contributed by atoms with Crippen LogP contribution >= 0.6 is 0 Å². The first-order chi connectivity index (χ1) is 9.91. The highest BCUT2D eigenvalue weighted by Gasteiger charge is 2.33. The zero-order valence-corrected chi connectivity index (χ0v) is 14.0. The molecule has 1 fully saturated rings. The van der Waals surface area contributed by atoms with Gasteiger partial charge in [-0.05, 0) is 31.9 Å². The summed E-state index contributed by atoms with van der Waals surface area (Å²) in [5.74, 6) is 0. The zero-order valence-electron chi connectivity index (χ0n) is 13.2. The van der Waals surface area contributed by atoms with Crippen LogP contribution in [0.15, 0.2) is 29.2 Å². The molecule has 1 aromatic rings. The molecule has 0 aromatic heterocycles. The van der Waals surface area contributed by atoms with Crippen LogP contribution in [0.3, 0.4) is 0 Å². The Kier molecular flexibility index (Phi) is 5.41. The first-order valence-corrected chi connectivity index (χ1v) is 9.17. The molecule has 1 aromatic carbocycles. The molecule has 0 spiro atoms. The number of aryl methyl sites for hydroxylation is 1. The van der Waals surface area contributed by atoms with E-state index in [4.69, 9.17) is 0 Å². The highest BCUT2D eigenvalue weighted by molar-refractivity contribution is 7.89. The molecule has 0 amide bonds. The molecule has 0 radical (unpaired) electrons. The molecule has 118 valence electrons. The molecule has 1 aliphatic rings. The van der Waals surface area contributed by atoms with E-state index in [1.54, 1.807) is 16.4 Å². The average Bonchev–Trinajstić information content (AvgIpc) is 2.46. The minimum atomic E-state index is -3.38. The molecule has 1 aliphatic heterocycles. The molecule has 1 atom stereocenters. The lowest BCUT2D eigenvalue weighted by Gasteiger charge is -2.35. The second-order valence-electron chi connectivity index (χ2n) is 6.14. The van der Waals surface area contributed by atoms with E-state index in [1.165, 1.54) is 0 Å². The third kappa shape index (κ3) is 4.05. The van der Waals surface area contributed by atoms with Crippen molar-refractivity contribution in [2.45, 2.75) is 57.0 Å². The number of rotatable bonds is 5. The summed E-state index contributed by atoms with van der Waals surface area (Å²) in [7, 11) is -3.38. The number of nitrogens with zero attached hydrogens (tertiary/aromatic N) is 1. The molecular weight excluding hydrogens is 284 g/mol. The van der Waals surface area contributed by atoms with E-state index in [0.717, 1.165) is 31.4 Å². The van der Waals surface area contributed by atoms with Crippen molar-refractivity contribution in [1.82, 2.24) is 9.62 Å². The topological polar surface area (TPSA) is 49.4 Å². The van der Waals surface area contributed by atoms with E-state index in [1.807, 2.05) is 19.1 Å². The molecule has 1 saturated heterocycles. The van der Waals surface area contributed by atoms with E-state index in [-0.39, 0.29) is 6.04 Å². The maximum Gasteiger partial charge on any atom is 0.243 e. The van der Waals surface area contributed by atoms with Gasteiger partial charge in [0.2, 0.25) is 10.0 Å². The molecular formula is C16H26N2O2S. The second kappa shape index (κ2) is 6.90. The lowest BCUT2D eigenvalue weighted by molar-refractivity contribution is 0.242. The van der Waals surface area contributed by atoms with Gasteiger partial charge in [-0.2, -0.15) is 4.31 Å². The average molecular weight is 310 g/mol. The number of sulfonamides is 1. The highest BCUT2D eigenvalue weighted by Crippen LogP contribution is 2.25. The fraction of sp³-hybridized carbons (Fsp3) is 0.625. The summed E-state index contributed by atoms with van der Waals surface area (Å²) in [5, 5.41) is 3.37. The van der Waals surface area contributed by atoms with Gasteiger partial charge in [-0.1, -0.05) is 38.0 Å². The highest BCUT2D eigenvalue weighted by atomic mass is 32.2. The third-order valence-corrected chi connectivity index (χ3v) is 5.93. The molecule has 0 saturated carbocycles. The van der Waals surface area contributed by atoms with Gasteiger partial charge < -0.3 is 5.32 Å². The van der Waals surface area contributed by atoms with Gasteiger partial charge in [0, 0.05) is 25.2 Å².